The third kappa shape index (κ3) is 6.17. The van der Waals surface area contributed by atoms with Crippen molar-refractivity contribution in [2.75, 3.05) is 53.0 Å². The van der Waals surface area contributed by atoms with Gasteiger partial charge in [-0.2, -0.15) is 0 Å². The van der Waals surface area contributed by atoms with Gasteiger partial charge in [0, 0.05) is 42.8 Å². The highest BCUT2D eigenvalue weighted by molar-refractivity contribution is 7.19. The summed E-state index contributed by atoms with van der Waals surface area (Å²) in [4.78, 5) is 7.68. The SMILES string of the molecule is CN=C(NCCCCN1CCOCC1)NCC(O)c1cc2ccccc2s1. The van der Waals surface area contributed by atoms with E-state index in [4.69, 9.17) is 4.74 Å². The minimum Gasteiger partial charge on any atom is -0.386 e. The first-order valence-corrected chi connectivity index (χ1v) is 10.5. The number of benzene rings is 1. The van der Waals surface area contributed by atoms with E-state index in [9.17, 15) is 5.11 Å². The van der Waals surface area contributed by atoms with E-state index in [1.165, 1.54) is 10.1 Å². The van der Waals surface area contributed by atoms with Gasteiger partial charge in [-0.1, -0.05) is 18.2 Å². The predicted molar refractivity (Wildman–Crippen MR) is 113 cm³/mol. The van der Waals surface area contributed by atoms with Gasteiger partial charge in [0.1, 0.15) is 6.10 Å². The maximum Gasteiger partial charge on any atom is 0.191 e. The van der Waals surface area contributed by atoms with E-state index in [0.717, 1.165) is 63.1 Å². The highest BCUT2D eigenvalue weighted by atomic mass is 32.1. The molecule has 1 aliphatic rings. The van der Waals surface area contributed by atoms with Gasteiger partial charge in [-0.3, -0.25) is 9.89 Å². The Hall–Kier alpha value is -1.67. The summed E-state index contributed by atoms with van der Waals surface area (Å²) in [5.74, 6) is 0.738. The van der Waals surface area contributed by atoms with Gasteiger partial charge >= 0.3 is 0 Å². The summed E-state index contributed by atoms with van der Waals surface area (Å²) in [5, 5.41) is 18.2. The maximum absolute atomic E-state index is 10.5. The van der Waals surface area contributed by atoms with Gasteiger partial charge in [0.15, 0.2) is 5.96 Å². The normalized spacial score (nSPS) is 17.2. The Morgan fingerprint density at radius 1 is 1.26 bits per heavy atom. The van der Waals surface area contributed by atoms with Crippen molar-refractivity contribution in [3.05, 3.63) is 35.2 Å². The first-order chi connectivity index (χ1) is 13.3. The minimum atomic E-state index is -0.540. The molecule has 0 bridgehead atoms. The molecular formula is C20H30N4O2S. The van der Waals surface area contributed by atoms with Crippen LogP contribution in [0.3, 0.4) is 0 Å². The second-order valence-corrected chi connectivity index (χ2v) is 7.86. The molecule has 2 heterocycles. The van der Waals surface area contributed by atoms with Crippen molar-refractivity contribution < 1.29 is 9.84 Å². The number of fused-ring (bicyclic) bond motifs is 1. The van der Waals surface area contributed by atoms with Crippen LogP contribution in [0.2, 0.25) is 0 Å². The summed E-state index contributed by atoms with van der Waals surface area (Å²) in [7, 11) is 1.76. The van der Waals surface area contributed by atoms with Crippen molar-refractivity contribution in [1.29, 1.82) is 0 Å². The average Bonchev–Trinajstić information content (AvgIpc) is 3.15. The van der Waals surface area contributed by atoms with Gasteiger partial charge in [-0.15, -0.1) is 11.3 Å². The molecule has 7 heteroatoms. The second kappa shape index (κ2) is 10.6. The number of thiophene rings is 1. The Bertz CT molecular complexity index is 695. The Balaban J connectivity index is 1.34. The van der Waals surface area contributed by atoms with E-state index >= 15 is 0 Å². The van der Waals surface area contributed by atoms with E-state index in [0.29, 0.717) is 6.54 Å². The molecule has 1 aromatic carbocycles. The predicted octanol–water partition coefficient (Wildman–Crippen LogP) is 2.21. The van der Waals surface area contributed by atoms with Crippen molar-refractivity contribution in [2.24, 2.45) is 4.99 Å². The van der Waals surface area contributed by atoms with E-state index in [2.05, 4.69) is 38.7 Å². The van der Waals surface area contributed by atoms with Crippen LogP contribution in [-0.4, -0.2) is 69.0 Å². The molecule has 1 fully saturated rings. The molecule has 0 saturated carbocycles. The number of ether oxygens (including phenoxy) is 1. The lowest BCUT2D eigenvalue weighted by Crippen LogP contribution is -2.40. The third-order valence-corrected chi connectivity index (χ3v) is 5.97. The van der Waals surface area contributed by atoms with Crippen molar-refractivity contribution in [3.8, 4) is 0 Å². The zero-order valence-electron chi connectivity index (χ0n) is 16.0. The van der Waals surface area contributed by atoms with E-state index in [1.54, 1.807) is 18.4 Å². The van der Waals surface area contributed by atoms with Crippen LogP contribution < -0.4 is 10.6 Å². The van der Waals surface area contributed by atoms with Crippen molar-refractivity contribution in [1.82, 2.24) is 15.5 Å². The van der Waals surface area contributed by atoms with Crippen molar-refractivity contribution in [3.63, 3.8) is 0 Å². The molecule has 1 unspecified atom stereocenters. The molecule has 6 nitrogen and oxygen atoms in total. The van der Waals surface area contributed by atoms with Crippen LogP contribution in [0.5, 0.6) is 0 Å². The highest BCUT2D eigenvalue weighted by Crippen LogP contribution is 2.29. The average molecular weight is 391 g/mol. The number of aliphatic imine (C=N–C) groups is 1. The van der Waals surface area contributed by atoms with Gasteiger partial charge < -0.3 is 20.5 Å². The largest absolute Gasteiger partial charge is 0.386 e. The zero-order valence-corrected chi connectivity index (χ0v) is 16.8. The van der Waals surface area contributed by atoms with Crippen LogP contribution in [0.25, 0.3) is 10.1 Å². The smallest absolute Gasteiger partial charge is 0.191 e. The molecule has 3 rings (SSSR count). The van der Waals surface area contributed by atoms with E-state index in [1.807, 2.05) is 12.1 Å². The number of morpholine rings is 1. The molecule has 1 aliphatic heterocycles. The Morgan fingerprint density at radius 3 is 2.85 bits per heavy atom. The second-order valence-electron chi connectivity index (χ2n) is 6.74. The van der Waals surface area contributed by atoms with Gasteiger partial charge in [0.25, 0.3) is 0 Å². The molecule has 148 valence electrons. The number of unbranched alkanes of at least 4 members (excludes halogenated alkanes) is 1. The fourth-order valence-electron chi connectivity index (χ4n) is 3.17. The quantitative estimate of drug-likeness (QED) is 0.366. The van der Waals surface area contributed by atoms with Crippen LogP contribution in [-0.2, 0) is 4.74 Å². The van der Waals surface area contributed by atoms with Crippen LogP contribution in [0, 0.1) is 0 Å². The lowest BCUT2D eigenvalue weighted by Gasteiger charge is -2.26. The molecule has 27 heavy (non-hydrogen) atoms. The number of aliphatic hydroxyl groups excluding tert-OH is 1. The number of nitrogens with one attached hydrogen (secondary N) is 2. The van der Waals surface area contributed by atoms with Gasteiger partial charge in [0.05, 0.1) is 13.2 Å². The lowest BCUT2D eigenvalue weighted by atomic mass is 10.2. The summed E-state index contributed by atoms with van der Waals surface area (Å²) in [6, 6.07) is 10.3. The molecular weight excluding hydrogens is 360 g/mol. The number of hydrogen-bond donors (Lipinski definition) is 3. The number of rotatable bonds is 8. The minimum absolute atomic E-state index is 0.445. The summed E-state index contributed by atoms with van der Waals surface area (Å²) >= 11 is 1.64. The molecule has 1 saturated heterocycles. The molecule has 3 N–H and O–H groups in total. The molecule has 0 amide bonds. The third-order valence-electron chi connectivity index (χ3n) is 4.76. The maximum atomic E-state index is 10.5. The number of aliphatic hydroxyl groups is 1. The monoisotopic (exact) mass is 390 g/mol. The molecule has 2 aromatic rings. The standard InChI is InChI=1S/C20H30N4O2S/c1-21-20(22-8-4-5-9-24-10-12-26-13-11-24)23-15-17(25)19-14-16-6-2-3-7-18(16)27-19/h2-3,6-7,14,17,25H,4-5,8-13,15H2,1H3,(H2,21,22,23). The van der Waals surface area contributed by atoms with Crippen LogP contribution in [0.1, 0.15) is 23.8 Å². The number of hydrogen-bond acceptors (Lipinski definition) is 5. The summed E-state index contributed by atoms with van der Waals surface area (Å²) in [6.07, 6.45) is 1.72. The van der Waals surface area contributed by atoms with E-state index < -0.39 is 6.10 Å². The molecule has 1 aromatic heterocycles. The van der Waals surface area contributed by atoms with Gasteiger partial charge in [-0.25, -0.2) is 0 Å². The zero-order chi connectivity index (χ0) is 18.9. The lowest BCUT2D eigenvalue weighted by molar-refractivity contribution is 0.0372. The van der Waals surface area contributed by atoms with Gasteiger partial charge in [-0.05, 0) is 36.9 Å². The Kier molecular flexibility index (Phi) is 7.89. The van der Waals surface area contributed by atoms with Gasteiger partial charge in [0.2, 0.25) is 0 Å². The molecule has 0 spiro atoms. The fraction of sp³-hybridized carbons (Fsp3) is 0.550. The summed E-state index contributed by atoms with van der Waals surface area (Å²) in [5.41, 5.74) is 0. The molecule has 0 aliphatic carbocycles. The molecule has 0 radical (unpaired) electrons. The van der Waals surface area contributed by atoms with Crippen LogP contribution >= 0.6 is 11.3 Å². The fourth-order valence-corrected chi connectivity index (χ4v) is 4.22. The first kappa shape index (κ1) is 20.1. The highest BCUT2D eigenvalue weighted by Gasteiger charge is 2.12. The Labute approximate surface area is 165 Å². The number of nitrogens with zero attached hydrogens (tertiary/aromatic N) is 2. The Morgan fingerprint density at radius 2 is 2.07 bits per heavy atom. The van der Waals surface area contributed by atoms with Crippen molar-refractivity contribution >= 4 is 27.4 Å². The first-order valence-electron chi connectivity index (χ1n) is 9.67. The van der Waals surface area contributed by atoms with E-state index in [-0.39, 0.29) is 0 Å². The summed E-state index contributed by atoms with van der Waals surface area (Å²) in [6.45, 7) is 6.26. The van der Waals surface area contributed by atoms with Crippen molar-refractivity contribution in [2.45, 2.75) is 18.9 Å². The topological polar surface area (TPSA) is 69.1 Å². The summed E-state index contributed by atoms with van der Waals surface area (Å²) < 4.78 is 6.57. The van der Waals surface area contributed by atoms with Crippen LogP contribution in [0.4, 0.5) is 0 Å². The van der Waals surface area contributed by atoms with Crippen LogP contribution in [0.15, 0.2) is 35.3 Å². The molecule has 1 atom stereocenters. The number of guanidine groups is 1.